The number of hydrogen-bond acceptors (Lipinski definition) is 3. The van der Waals surface area contributed by atoms with Gasteiger partial charge in [-0.1, -0.05) is 29.8 Å². The Morgan fingerprint density at radius 3 is 2.38 bits per heavy atom. The van der Waals surface area contributed by atoms with E-state index in [1.807, 2.05) is 38.1 Å². The second-order valence-corrected chi connectivity index (χ2v) is 6.67. The molecule has 0 fully saturated rings. The average molecular weight is 393 g/mol. The smallest absolute Gasteiger partial charge is 0.251 e. The summed E-state index contributed by atoms with van der Waals surface area (Å²) in [5.74, 6) is 0.928. The van der Waals surface area contributed by atoms with Gasteiger partial charge in [0.15, 0.2) is 0 Å². The number of carbonyl (C=O) groups is 1. The summed E-state index contributed by atoms with van der Waals surface area (Å²) in [6, 6.07) is 19.1. The number of hydrogen-bond donors (Lipinski definition) is 1. The average Bonchev–Trinajstić information content (AvgIpc) is 2.73. The van der Waals surface area contributed by atoms with Crippen molar-refractivity contribution >= 4 is 5.91 Å². The molecule has 0 unspecified atom stereocenters. The molecule has 1 N–H and O–H groups in total. The molecule has 0 atom stereocenters. The van der Waals surface area contributed by atoms with Crippen LogP contribution in [0, 0.1) is 12.7 Å². The molecule has 3 aromatic rings. The highest BCUT2D eigenvalue weighted by molar-refractivity contribution is 5.94. The van der Waals surface area contributed by atoms with Crippen LogP contribution in [0.5, 0.6) is 11.5 Å². The first-order valence-electron chi connectivity index (χ1n) is 9.53. The van der Waals surface area contributed by atoms with Crippen LogP contribution < -0.4 is 14.8 Å². The standard InChI is InChI=1S/C24H24FNO3/c1-3-28-23-13-8-19(24(27)26-15-18-6-9-21(25)10-7-18)14-20(23)16-29-22-11-4-17(2)5-12-22/h4-14H,3,15-16H2,1-2H3,(H,26,27). The van der Waals surface area contributed by atoms with Crippen molar-refractivity contribution in [1.82, 2.24) is 5.32 Å². The van der Waals surface area contributed by atoms with Gasteiger partial charge in [0.05, 0.1) is 6.61 Å². The lowest BCUT2D eigenvalue weighted by Crippen LogP contribution is -2.23. The van der Waals surface area contributed by atoms with E-state index in [1.54, 1.807) is 30.3 Å². The van der Waals surface area contributed by atoms with Crippen LogP contribution in [0.3, 0.4) is 0 Å². The summed E-state index contributed by atoms with van der Waals surface area (Å²) >= 11 is 0. The molecule has 3 rings (SSSR count). The van der Waals surface area contributed by atoms with Crippen molar-refractivity contribution in [2.75, 3.05) is 6.61 Å². The molecular weight excluding hydrogens is 369 g/mol. The number of amides is 1. The van der Waals surface area contributed by atoms with Gasteiger partial charge >= 0.3 is 0 Å². The van der Waals surface area contributed by atoms with Crippen molar-refractivity contribution in [3.05, 3.63) is 94.8 Å². The minimum absolute atomic E-state index is 0.214. The zero-order valence-corrected chi connectivity index (χ0v) is 16.6. The van der Waals surface area contributed by atoms with E-state index in [4.69, 9.17) is 9.47 Å². The summed E-state index contributed by atoms with van der Waals surface area (Å²) < 4.78 is 24.5. The van der Waals surface area contributed by atoms with Crippen LogP contribution in [0.1, 0.15) is 34.0 Å². The van der Waals surface area contributed by atoms with Gasteiger partial charge in [0.2, 0.25) is 0 Å². The Balaban J connectivity index is 1.69. The van der Waals surface area contributed by atoms with Crippen LogP contribution in [-0.4, -0.2) is 12.5 Å². The van der Waals surface area contributed by atoms with Crippen molar-refractivity contribution in [2.24, 2.45) is 0 Å². The van der Waals surface area contributed by atoms with E-state index in [9.17, 15) is 9.18 Å². The molecule has 0 saturated heterocycles. The van der Waals surface area contributed by atoms with Crippen molar-refractivity contribution in [3.8, 4) is 11.5 Å². The van der Waals surface area contributed by atoms with Crippen molar-refractivity contribution < 1.29 is 18.7 Å². The lowest BCUT2D eigenvalue weighted by molar-refractivity contribution is 0.0950. The zero-order chi connectivity index (χ0) is 20.6. The molecule has 0 bridgehead atoms. The molecule has 0 aliphatic heterocycles. The molecule has 0 heterocycles. The highest BCUT2D eigenvalue weighted by atomic mass is 19.1. The maximum Gasteiger partial charge on any atom is 0.251 e. The third kappa shape index (κ3) is 5.82. The normalized spacial score (nSPS) is 10.4. The van der Waals surface area contributed by atoms with E-state index < -0.39 is 0 Å². The fraction of sp³-hybridized carbons (Fsp3) is 0.208. The molecule has 150 valence electrons. The van der Waals surface area contributed by atoms with Gasteiger partial charge in [-0.05, 0) is 61.9 Å². The van der Waals surface area contributed by atoms with Crippen LogP contribution in [0.2, 0.25) is 0 Å². The topological polar surface area (TPSA) is 47.6 Å². The Bertz CT molecular complexity index is 953. The van der Waals surface area contributed by atoms with Gasteiger partial charge in [0.1, 0.15) is 23.9 Å². The van der Waals surface area contributed by atoms with Gasteiger partial charge < -0.3 is 14.8 Å². The van der Waals surface area contributed by atoms with E-state index in [0.29, 0.717) is 24.5 Å². The molecule has 5 heteroatoms. The Labute approximate surface area is 170 Å². The lowest BCUT2D eigenvalue weighted by Gasteiger charge is -2.14. The van der Waals surface area contributed by atoms with Crippen LogP contribution in [0.15, 0.2) is 66.7 Å². The summed E-state index contributed by atoms with van der Waals surface area (Å²) in [6.07, 6.45) is 0. The fourth-order valence-corrected chi connectivity index (χ4v) is 2.81. The predicted octanol–water partition coefficient (Wildman–Crippen LogP) is 5.04. The van der Waals surface area contributed by atoms with Crippen LogP contribution in [-0.2, 0) is 13.2 Å². The van der Waals surface area contributed by atoms with E-state index in [2.05, 4.69) is 5.32 Å². The molecule has 0 saturated carbocycles. The van der Waals surface area contributed by atoms with Crippen molar-refractivity contribution in [1.29, 1.82) is 0 Å². The molecule has 29 heavy (non-hydrogen) atoms. The summed E-state index contributed by atoms with van der Waals surface area (Å²) in [5, 5.41) is 2.85. The quantitative estimate of drug-likeness (QED) is 0.583. The second-order valence-electron chi connectivity index (χ2n) is 6.67. The maximum absolute atomic E-state index is 13.0. The highest BCUT2D eigenvalue weighted by Gasteiger charge is 2.11. The first-order chi connectivity index (χ1) is 14.0. The molecule has 4 nitrogen and oxygen atoms in total. The molecule has 0 spiro atoms. The second kappa shape index (κ2) is 9.73. The summed E-state index contributed by atoms with van der Waals surface area (Å²) in [6.45, 7) is 5.06. The molecule has 0 radical (unpaired) electrons. The number of ether oxygens (including phenoxy) is 2. The van der Waals surface area contributed by atoms with E-state index in [1.165, 1.54) is 12.1 Å². The minimum atomic E-state index is -0.301. The number of benzene rings is 3. The summed E-state index contributed by atoms with van der Waals surface area (Å²) in [7, 11) is 0. The van der Waals surface area contributed by atoms with E-state index in [0.717, 1.165) is 22.4 Å². The van der Waals surface area contributed by atoms with Crippen LogP contribution in [0.4, 0.5) is 4.39 Å². The van der Waals surface area contributed by atoms with E-state index >= 15 is 0 Å². The molecule has 0 aliphatic rings. The third-order valence-corrected chi connectivity index (χ3v) is 4.40. The van der Waals surface area contributed by atoms with Gasteiger partial charge in [-0.25, -0.2) is 4.39 Å². The van der Waals surface area contributed by atoms with Gasteiger partial charge in [-0.15, -0.1) is 0 Å². The maximum atomic E-state index is 13.0. The highest BCUT2D eigenvalue weighted by Crippen LogP contribution is 2.23. The van der Waals surface area contributed by atoms with Gasteiger partial charge in [0, 0.05) is 17.7 Å². The Kier molecular flexibility index (Phi) is 6.85. The molecule has 0 aromatic heterocycles. The SMILES string of the molecule is CCOc1ccc(C(=O)NCc2ccc(F)cc2)cc1COc1ccc(C)cc1. The summed E-state index contributed by atoms with van der Waals surface area (Å²) in [4.78, 5) is 12.6. The Morgan fingerprint density at radius 2 is 1.69 bits per heavy atom. The van der Waals surface area contributed by atoms with Crippen molar-refractivity contribution in [2.45, 2.75) is 27.0 Å². The Morgan fingerprint density at radius 1 is 0.966 bits per heavy atom. The van der Waals surface area contributed by atoms with Gasteiger partial charge in [-0.3, -0.25) is 4.79 Å². The monoisotopic (exact) mass is 393 g/mol. The van der Waals surface area contributed by atoms with Gasteiger partial charge in [-0.2, -0.15) is 0 Å². The van der Waals surface area contributed by atoms with Crippen LogP contribution >= 0.6 is 0 Å². The number of rotatable bonds is 8. The van der Waals surface area contributed by atoms with Gasteiger partial charge in [0.25, 0.3) is 5.91 Å². The zero-order valence-electron chi connectivity index (χ0n) is 16.6. The number of carbonyl (C=O) groups excluding carboxylic acids is 1. The third-order valence-electron chi connectivity index (χ3n) is 4.40. The first kappa shape index (κ1) is 20.4. The van der Waals surface area contributed by atoms with Crippen molar-refractivity contribution in [3.63, 3.8) is 0 Å². The molecule has 3 aromatic carbocycles. The number of aryl methyl sites for hydroxylation is 1. The van der Waals surface area contributed by atoms with E-state index in [-0.39, 0.29) is 18.3 Å². The number of nitrogens with one attached hydrogen (secondary N) is 1. The summed E-state index contributed by atoms with van der Waals surface area (Å²) in [5.41, 5.74) is 3.29. The predicted molar refractivity (Wildman–Crippen MR) is 111 cm³/mol. The molecule has 0 aliphatic carbocycles. The largest absolute Gasteiger partial charge is 0.493 e. The fourth-order valence-electron chi connectivity index (χ4n) is 2.81. The Hall–Kier alpha value is -3.34. The van der Waals surface area contributed by atoms with Crippen LogP contribution in [0.25, 0.3) is 0 Å². The molecule has 1 amide bonds. The first-order valence-corrected chi connectivity index (χ1v) is 9.53. The molecular formula is C24H24FNO3. The lowest BCUT2D eigenvalue weighted by atomic mass is 10.1. The minimum Gasteiger partial charge on any atom is -0.493 e. The number of halogens is 1.